The third-order valence-electron chi connectivity index (χ3n) is 8.51. The van der Waals surface area contributed by atoms with Crippen molar-refractivity contribution in [1.29, 1.82) is 5.26 Å². The molecule has 0 saturated heterocycles. The van der Waals surface area contributed by atoms with E-state index in [1.54, 1.807) is 0 Å². The molecule has 2 aliphatic heterocycles. The Kier molecular flexibility index (Phi) is 6.15. The van der Waals surface area contributed by atoms with Gasteiger partial charge in [-0.2, -0.15) is 5.26 Å². The van der Waals surface area contributed by atoms with Gasteiger partial charge in [0.15, 0.2) is 6.29 Å². The highest BCUT2D eigenvalue weighted by Gasteiger charge is 2.32. The molecular formula is C39H28N4O. The number of hydrogen-bond donors (Lipinski definition) is 2. The van der Waals surface area contributed by atoms with E-state index in [1.165, 1.54) is 5.56 Å². The Hall–Kier alpha value is -5.83. The third kappa shape index (κ3) is 4.29. The van der Waals surface area contributed by atoms with Gasteiger partial charge in [-0.15, -0.1) is 0 Å². The van der Waals surface area contributed by atoms with E-state index < -0.39 is 0 Å². The van der Waals surface area contributed by atoms with Crippen LogP contribution in [0.1, 0.15) is 40.1 Å². The summed E-state index contributed by atoms with van der Waals surface area (Å²) in [5, 5.41) is 18.1. The highest BCUT2D eigenvalue weighted by molar-refractivity contribution is 5.96. The number of rotatable bonds is 3. The van der Waals surface area contributed by atoms with Crippen LogP contribution in [0.3, 0.4) is 0 Å². The first-order chi connectivity index (χ1) is 21.7. The van der Waals surface area contributed by atoms with Crippen LogP contribution in [0.4, 0.5) is 5.69 Å². The molecule has 0 aliphatic carbocycles. The molecule has 5 heteroatoms. The van der Waals surface area contributed by atoms with E-state index in [-0.39, 0.29) is 12.3 Å². The molecule has 0 radical (unpaired) electrons. The van der Waals surface area contributed by atoms with E-state index in [1.807, 2.05) is 48.5 Å². The number of nitrogens with zero attached hydrogens (tertiary/aromatic N) is 2. The first-order valence-electron chi connectivity index (χ1n) is 14.7. The maximum atomic E-state index is 9.37. The van der Waals surface area contributed by atoms with Crippen molar-refractivity contribution in [2.45, 2.75) is 12.3 Å². The maximum Gasteiger partial charge on any atom is 0.211 e. The number of aromatic nitrogens is 1. The highest BCUT2D eigenvalue weighted by atomic mass is 16.5. The number of ether oxygens (including phenoxy) is 1. The summed E-state index contributed by atoms with van der Waals surface area (Å²) in [6.07, 6.45) is 3.88. The van der Waals surface area contributed by atoms with E-state index in [9.17, 15) is 5.26 Å². The molecule has 5 aromatic carbocycles. The van der Waals surface area contributed by atoms with Crippen molar-refractivity contribution in [2.24, 2.45) is 0 Å². The van der Waals surface area contributed by atoms with Crippen molar-refractivity contribution in [2.75, 3.05) is 5.32 Å². The lowest BCUT2D eigenvalue weighted by molar-refractivity contribution is 0.355. The van der Waals surface area contributed by atoms with Crippen molar-refractivity contribution in [3.63, 3.8) is 0 Å². The predicted octanol–water partition coefficient (Wildman–Crippen LogP) is 9.27. The van der Waals surface area contributed by atoms with Crippen molar-refractivity contribution in [1.82, 2.24) is 9.88 Å². The lowest BCUT2D eigenvalue weighted by Crippen LogP contribution is -2.40. The van der Waals surface area contributed by atoms with Gasteiger partial charge in [-0.05, 0) is 64.2 Å². The molecule has 2 aliphatic rings. The smallest absolute Gasteiger partial charge is 0.211 e. The molecule has 0 spiro atoms. The minimum absolute atomic E-state index is 0.0788. The van der Waals surface area contributed by atoms with Gasteiger partial charge in [0.2, 0.25) is 5.88 Å². The largest absolute Gasteiger partial charge is 0.439 e. The van der Waals surface area contributed by atoms with Crippen molar-refractivity contribution < 1.29 is 4.74 Å². The van der Waals surface area contributed by atoms with E-state index in [4.69, 9.17) is 4.74 Å². The minimum atomic E-state index is -0.307. The summed E-state index contributed by atoms with van der Waals surface area (Å²) < 4.78 is 9.01. The maximum absolute atomic E-state index is 9.37. The molecule has 44 heavy (non-hydrogen) atoms. The van der Waals surface area contributed by atoms with Gasteiger partial charge in [0, 0.05) is 22.2 Å². The summed E-state index contributed by atoms with van der Waals surface area (Å²) in [6.45, 7) is 4.30. The lowest BCUT2D eigenvalue weighted by atomic mass is 9.93. The molecule has 210 valence electrons. The highest BCUT2D eigenvalue weighted by Crippen LogP contribution is 2.44. The van der Waals surface area contributed by atoms with Gasteiger partial charge in [-0.3, -0.25) is 9.88 Å². The minimum Gasteiger partial charge on any atom is -0.439 e. The molecule has 2 N–H and O–H groups in total. The van der Waals surface area contributed by atoms with Gasteiger partial charge in [0.25, 0.3) is 0 Å². The van der Waals surface area contributed by atoms with Gasteiger partial charge in [0.1, 0.15) is 5.75 Å². The molecule has 0 fully saturated rings. The Morgan fingerprint density at radius 1 is 0.773 bits per heavy atom. The van der Waals surface area contributed by atoms with Crippen LogP contribution < -0.4 is 15.4 Å². The number of nitriles is 1. The predicted molar refractivity (Wildman–Crippen MR) is 177 cm³/mol. The molecule has 6 aromatic rings. The molecule has 5 nitrogen and oxygen atoms in total. The topological polar surface area (TPSA) is 62.0 Å². The number of para-hydroxylation sites is 3. The normalized spacial score (nSPS) is 17.6. The molecule has 1 aromatic heterocycles. The molecule has 0 amide bonds. The Morgan fingerprint density at radius 3 is 2.45 bits per heavy atom. The standard InChI is InChI=1S/C39H28N4O/c1-25-17-22-32-31-12-3-6-15-35(31)43(38(32)44-36-16-7-4-11-30(25)36)39-41-34-14-5-2-13-33(34)37(42-39)28-20-18-27(19-21-28)29-10-8-9-26(23-29)24-40/h2-23,37,39,41-42H,1H2/b22-17-. The summed E-state index contributed by atoms with van der Waals surface area (Å²) in [5.41, 5.74) is 10.1. The number of anilines is 1. The molecule has 0 saturated carbocycles. The molecule has 2 atom stereocenters. The second-order valence-electron chi connectivity index (χ2n) is 11.1. The summed E-state index contributed by atoms with van der Waals surface area (Å²) in [7, 11) is 0. The van der Waals surface area contributed by atoms with Crippen LogP contribution in [0.15, 0.2) is 134 Å². The molecular weight excluding hydrogens is 540 g/mol. The quantitative estimate of drug-likeness (QED) is 0.223. The van der Waals surface area contributed by atoms with Crippen LogP contribution in [-0.2, 0) is 0 Å². The number of hydrogen-bond acceptors (Lipinski definition) is 4. The second kappa shape index (κ2) is 10.5. The Balaban J connectivity index is 1.24. The summed E-state index contributed by atoms with van der Waals surface area (Å²) in [5.74, 6) is 1.54. The molecule has 8 rings (SSSR count). The average Bonchev–Trinajstić information content (AvgIpc) is 3.38. The van der Waals surface area contributed by atoms with Crippen LogP contribution in [0.2, 0.25) is 0 Å². The zero-order valence-electron chi connectivity index (χ0n) is 23.9. The summed E-state index contributed by atoms with van der Waals surface area (Å²) >= 11 is 0. The van der Waals surface area contributed by atoms with E-state index >= 15 is 0 Å². The van der Waals surface area contributed by atoms with Crippen LogP contribution in [0.5, 0.6) is 11.6 Å². The Morgan fingerprint density at radius 2 is 1.57 bits per heavy atom. The van der Waals surface area contributed by atoms with E-state index in [2.05, 4.69) is 113 Å². The monoisotopic (exact) mass is 568 g/mol. The van der Waals surface area contributed by atoms with Crippen LogP contribution in [0, 0.1) is 11.3 Å². The fourth-order valence-corrected chi connectivity index (χ4v) is 6.35. The van der Waals surface area contributed by atoms with E-state index in [0.717, 1.165) is 61.6 Å². The zero-order valence-corrected chi connectivity index (χ0v) is 23.9. The lowest BCUT2D eigenvalue weighted by Gasteiger charge is -2.36. The third-order valence-corrected chi connectivity index (χ3v) is 8.51. The van der Waals surface area contributed by atoms with Gasteiger partial charge >= 0.3 is 0 Å². The van der Waals surface area contributed by atoms with Gasteiger partial charge in [-0.1, -0.05) is 104 Å². The van der Waals surface area contributed by atoms with Gasteiger partial charge in [-0.25, -0.2) is 0 Å². The van der Waals surface area contributed by atoms with Crippen molar-refractivity contribution in [3.05, 3.63) is 162 Å². The van der Waals surface area contributed by atoms with Crippen molar-refractivity contribution in [3.8, 4) is 28.8 Å². The Bertz CT molecular complexity index is 2150. The number of allylic oxidation sites excluding steroid dienone is 2. The van der Waals surface area contributed by atoms with Crippen molar-refractivity contribution >= 4 is 28.2 Å². The number of benzene rings is 5. The average molecular weight is 569 g/mol. The SMILES string of the molecule is C=C1/C=C\c2c(n(C3Nc4ccccc4C(c4ccc(-c5cccc(C#N)c5)cc4)N3)c3ccccc23)Oc2ccccc21. The fourth-order valence-electron chi connectivity index (χ4n) is 6.35. The number of nitrogens with one attached hydrogen (secondary N) is 2. The second-order valence-corrected chi connectivity index (χ2v) is 11.1. The molecule has 3 heterocycles. The van der Waals surface area contributed by atoms with Crippen LogP contribution in [-0.4, -0.2) is 4.57 Å². The van der Waals surface area contributed by atoms with Gasteiger partial charge < -0.3 is 10.1 Å². The first-order valence-corrected chi connectivity index (χ1v) is 14.7. The van der Waals surface area contributed by atoms with E-state index in [0.29, 0.717) is 5.56 Å². The summed E-state index contributed by atoms with van der Waals surface area (Å²) in [4.78, 5) is 0. The van der Waals surface area contributed by atoms with Crippen LogP contribution >= 0.6 is 0 Å². The molecule has 2 unspecified atom stereocenters. The zero-order chi connectivity index (χ0) is 29.6. The first kappa shape index (κ1) is 25.8. The molecule has 0 bridgehead atoms. The number of fused-ring (bicyclic) bond motifs is 5. The fraction of sp³-hybridized carbons (Fsp3) is 0.0513. The summed E-state index contributed by atoms with van der Waals surface area (Å²) in [6, 6.07) is 43.4. The Labute approximate surface area is 256 Å². The van der Waals surface area contributed by atoms with Crippen LogP contribution in [0.25, 0.3) is 33.7 Å². The van der Waals surface area contributed by atoms with Gasteiger partial charge in [0.05, 0.1) is 23.2 Å².